The third kappa shape index (κ3) is 4.34. The number of aliphatic hydroxyl groups excluding tert-OH is 1. The Morgan fingerprint density at radius 3 is 2.50 bits per heavy atom. The van der Waals surface area contributed by atoms with E-state index in [4.69, 9.17) is 21.4 Å². The van der Waals surface area contributed by atoms with Crippen molar-refractivity contribution in [1.82, 2.24) is 19.7 Å². The molecule has 4 heterocycles. The summed E-state index contributed by atoms with van der Waals surface area (Å²) >= 11 is 8.03. The summed E-state index contributed by atoms with van der Waals surface area (Å²) in [6.45, 7) is 11.5. The fraction of sp³-hybridized carbons (Fsp3) is 0.765. The molecule has 2 fully saturated rings. The van der Waals surface area contributed by atoms with Crippen molar-refractivity contribution in [1.29, 1.82) is 0 Å². The molecule has 2 saturated heterocycles. The molecule has 3 aliphatic rings. The second kappa shape index (κ2) is 8.70. The summed E-state index contributed by atoms with van der Waals surface area (Å²) in [6, 6.07) is 2.11. The molecule has 0 amide bonds. The number of hydrazine groups is 1. The maximum absolute atomic E-state index is 9.10. The monoisotopic (exact) mass is 401 g/mol. The van der Waals surface area contributed by atoms with E-state index in [1.54, 1.807) is 11.3 Å². The van der Waals surface area contributed by atoms with Gasteiger partial charge in [0.25, 0.3) is 0 Å². The van der Waals surface area contributed by atoms with Gasteiger partial charge in [-0.25, -0.2) is 5.01 Å². The van der Waals surface area contributed by atoms with Crippen molar-refractivity contribution >= 4 is 28.6 Å². The minimum absolute atomic E-state index is 0.253. The molecule has 0 atom stereocenters. The summed E-state index contributed by atoms with van der Waals surface area (Å²) < 4.78 is 6.39. The number of halogens is 1. The highest BCUT2D eigenvalue weighted by Crippen LogP contribution is 2.38. The molecule has 146 valence electrons. The van der Waals surface area contributed by atoms with Crippen molar-refractivity contribution < 1.29 is 9.84 Å². The van der Waals surface area contributed by atoms with Gasteiger partial charge in [0.05, 0.1) is 43.2 Å². The third-order valence-corrected chi connectivity index (χ3v) is 6.58. The van der Waals surface area contributed by atoms with E-state index in [0.29, 0.717) is 0 Å². The van der Waals surface area contributed by atoms with Crippen LogP contribution in [0.2, 0.25) is 4.34 Å². The molecule has 4 rings (SSSR count). The lowest BCUT2D eigenvalue weighted by atomic mass is 10.3. The molecule has 1 N–H and O–H groups in total. The molecule has 0 bridgehead atoms. The number of nitrogens with zero attached hydrogens (tertiary/aromatic N) is 5. The number of β-amino-alcohol motifs (C(OH)–C–C–N with tert-alkyl or cyclic N) is 1. The summed E-state index contributed by atoms with van der Waals surface area (Å²) in [4.78, 5) is 8.72. The van der Waals surface area contributed by atoms with Gasteiger partial charge in [-0.05, 0) is 6.07 Å². The molecule has 7 nitrogen and oxygen atoms in total. The van der Waals surface area contributed by atoms with E-state index in [9.17, 15) is 0 Å². The minimum atomic E-state index is 0.253. The molecule has 3 aliphatic heterocycles. The summed E-state index contributed by atoms with van der Waals surface area (Å²) in [5, 5.41) is 13.9. The largest absolute Gasteiger partial charge is 0.395 e. The van der Waals surface area contributed by atoms with Gasteiger partial charge in [0.1, 0.15) is 0 Å². The number of morpholine rings is 1. The van der Waals surface area contributed by atoms with Crippen LogP contribution in [0.1, 0.15) is 4.88 Å². The first-order valence-electron chi connectivity index (χ1n) is 9.39. The lowest BCUT2D eigenvalue weighted by Crippen LogP contribution is -2.57. The fourth-order valence-electron chi connectivity index (χ4n) is 3.95. The van der Waals surface area contributed by atoms with Crippen molar-refractivity contribution in [3.05, 3.63) is 15.3 Å². The van der Waals surface area contributed by atoms with Crippen LogP contribution in [0.25, 0.3) is 0 Å². The SMILES string of the molecule is OCCN1CCN(CN2Cc3sc(Cl)cc3N(N3CCOCC3)C2)CC1. The first-order valence-corrected chi connectivity index (χ1v) is 10.6. The van der Waals surface area contributed by atoms with Gasteiger partial charge in [-0.2, -0.15) is 0 Å². The lowest BCUT2D eigenvalue weighted by molar-refractivity contribution is 0.0111. The first kappa shape index (κ1) is 18.9. The Bertz CT molecular complexity index is 590. The zero-order chi connectivity index (χ0) is 17.9. The maximum Gasteiger partial charge on any atom is 0.0953 e. The van der Waals surface area contributed by atoms with E-state index in [0.717, 1.165) is 83.2 Å². The molecule has 26 heavy (non-hydrogen) atoms. The molecule has 0 saturated carbocycles. The smallest absolute Gasteiger partial charge is 0.0953 e. The highest BCUT2D eigenvalue weighted by molar-refractivity contribution is 7.16. The van der Waals surface area contributed by atoms with E-state index in [-0.39, 0.29) is 6.61 Å². The fourth-order valence-corrected chi connectivity index (χ4v) is 5.25. The average molecular weight is 402 g/mol. The molecule has 1 aromatic rings. The molecule has 0 aliphatic carbocycles. The van der Waals surface area contributed by atoms with Crippen LogP contribution in [-0.4, -0.2) is 104 Å². The van der Waals surface area contributed by atoms with Gasteiger partial charge in [-0.1, -0.05) is 11.6 Å². The third-order valence-electron chi connectivity index (χ3n) is 5.35. The summed E-state index contributed by atoms with van der Waals surface area (Å²) in [5.41, 5.74) is 1.27. The number of fused-ring (bicyclic) bond motifs is 1. The number of aliphatic hydroxyl groups is 1. The van der Waals surface area contributed by atoms with Crippen LogP contribution in [0.5, 0.6) is 0 Å². The second-order valence-electron chi connectivity index (χ2n) is 7.12. The molecular formula is C17H28ClN5O2S. The Morgan fingerprint density at radius 2 is 1.77 bits per heavy atom. The number of piperazine rings is 1. The van der Waals surface area contributed by atoms with Crippen molar-refractivity contribution in [2.75, 3.05) is 84.0 Å². The van der Waals surface area contributed by atoms with Crippen LogP contribution < -0.4 is 5.01 Å². The number of hydrogen-bond acceptors (Lipinski definition) is 8. The Hall–Kier alpha value is -0.450. The molecular weight excluding hydrogens is 374 g/mol. The van der Waals surface area contributed by atoms with Gasteiger partial charge in [0.15, 0.2) is 0 Å². The topological polar surface area (TPSA) is 45.7 Å². The Labute approximate surface area is 164 Å². The quantitative estimate of drug-likeness (QED) is 0.782. The van der Waals surface area contributed by atoms with Crippen LogP contribution in [0.3, 0.4) is 0 Å². The lowest BCUT2D eigenvalue weighted by Gasteiger charge is -2.46. The Kier molecular flexibility index (Phi) is 6.32. The number of ether oxygens (including phenoxy) is 1. The van der Waals surface area contributed by atoms with E-state index in [1.165, 1.54) is 10.6 Å². The van der Waals surface area contributed by atoms with Crippen molar-refractivity contribution in [2.24, 2.45) is 0 Å². The number of rotatable bonds is 5. The van der Waals surface area contributed by atoms with Crippen molar-refractivity contribution in [3.8, 4) is 0 Å². The maximum atomic E-state index is 9.10. The average Bonchev–Trinajstić information content (AvgIpc) is 3.04. The minimum Gasteiger partial charge on any atom is -0.395 e. The van der Waals surface area contributed by atoms with E-state index in [1.807, 2.05) is 0 Å². The van der Waals surface area contributed by atoms with Crippen LogP contribution >= 0.6 is 22.9 Å². The van der Waals surface area contributed by atoms with Gasteiger partial charge < -0.3 is 9.84 Å². The zero-order valence-electron chi connectivity index (χ0n) is 15.1. The van der Waals surface area contributed by atoms with Crippen LogP contribution in [0.4, 0.5) is 5.69 Å². The molecule has 9 heteroatoms. The predicted octanol–water partition coefficient (Wildman–Crippen LogP) is 0.796. The summed E-state index contributed by atoms with van der Waals surface area (Å²) in [6.07, 6.45) is 0. The zero-order valence-corrected chi connectivity index (χ0v) is 16.7. The van der Waals surface area contributed by atoms with Gasteiger partial charge in [0.2, 0.25) is 0 Å². The Balaban J connectivity index is 1.40. The summed E-state index contributed by atoms with van der Waals surface area (Å²) in [5.74, 6) is 0. The molecule has 0 spiro atoms. The van der Waals surface area contributed by atoms with Crippen LogP contribution in [0, 0.1) is 0 Å². The normalized spacial score (nSPS) is 24.2. The predicted molar refractivity (Wildman–Crippen MR) is 105 cm³/mol. The molecule has 0 aromatic carbocycles. The molecule has 0 unspecified atom stereocenters. The van der Waals surface area contributed by atoms with Crippen molar-refractivity contribution in [2.45, 2.75) is 6.54 Å². The first-order chi connectivity index (χ1) is 12.7. The van der Waals surface area contributed by atoms with E-state index < -0.39 is 0 Å². The summed E-state index contributed by atoms with van der Waals surface area (Å²) in [7, 11) is 0. The molecule has 0 radical (unpaired) electrons. The highest BCUT2D eigenvalue weighted by Gasteiger charge is 2.31. The van der Waals surface area contributed by atoms with E-state index >= 15 is 0 Å². The standard InChI is InChI=1S/C17H28ClN5O2S/c18-17-11-15-16(26-17)12-21(14-23(15)22-6-9-25-10-7-22)13-20-3-1-19(2-4-20)5-8-24/h11,24H,1-10,12-14H2. The number of anilines is 1. The highest BCUT2D eigenvalue weighted by atomic mass is 35.5. The molecule has 1 aromatic heterocycles. The van der Waals surface area contributed by atoms with E-state index in [2.05, 4.69) is 30.8 Å². The Morgan fingerprint density at radius 1 is 1.04 bits per heavy atom. The number of thiophene rings is 1. The number of hydrogen-bond donors (Lipinski definition) is 1. The van der Waals surface area contributed by atoms with Gasteiger partial charge in [-0.3, -0.25) is 19.7 Å². The van der Waals surface area contributed by atoms with Crippen molar-refractivity contribution in [3.63, 3.8) is 0 Å². The van der Waals surface area contributed by atoms with Crippen LogP contribution in [0.15, 0.2) is 6.07 Å². The van der Waals surface area contributed by atoms with Gasteiger partial charge in [-0.15, -0.1) is 11.3 Å². The van der Waals surface area contributed by atoms with Gasteiger partial charge in [0, 0.05) is 57.2 Å². The second-order valence-corrected chi connectivity index (χ2v) is 8.89. The van der Waals surface area contributed by atoms with Crippen LogP contribution in [-0.2, 0) is 11.3 Å². The van der Waals surface area contributed by atoms with Gasteiger partial charge >= 0.3 is 0 Å².